The van der Waals surface area contributed by atoms with Gasteiger partial charge in [-0.1, -0.05) is 30.3 Å². The Morgan fingerprint density at radius 3 is 2.38 bits per heavy atom. The van der Waals surface area contributed by atoms with Crippen molar-refractivity contribution in [1.82, 2.24) is 0 Å². The molecule has 2 aromatic rings. The summed E-state index contributed by atoms with van der Waals surface area (Å²) in [7, 11) is 0. The van der Waals surface area contributed by atoms with Crippen LogP contribution in [0.3, 0.4) is 0 Å². The van der Waals surface area contributed by atoms with Crippen LogP contribution in [0, 0.1) is 10.1 Å². The number of benzene rings is 2. The molecular weight excluding hydrogens is 336 g/mol. The maximum atomic E-state index is 12.2. The topological polar surface area (TPSA) is 89.8 Å². The number of hydrogen-bond donors (Lipinski definition) is 0. The van der Waals surface area contributed by atoms with Crippen molar-refractivity contribution in [3.8, 4) is 0 Å². The second-order valence-corrected chi connectivity index (χ2v) is 6.02. The summed E-state index contributed by atoms with van der Waals surface area (Å²) in [5.41, 5.74) is 0.872. The van der Waals surface area contributed by atoms with E-state index in [1.165, 1.54) is 12.1 Å². The molecule has 0 atom stereocenters. The minimum atomic E-state index is -0.759. The summed E-state index contributed by atoms with van der Waals surface area (Å²) in [6.45, 7) is 1.11. The Labute approximate surface area is 150 Å². The highest BCUT2D eigenvalue weighted by molar-refractivity contribution is 5.99. The zero-order valence-electron chi connectivity index (χ0n) is 14.1. The van der Waals surface area contributed by atoms with Crippen molar-refractivity contribution in [2.24, 2.45) is 0 Å². The molecule has 0 aliphatic carbocycles. The van der Waals surface area contributed by atoms with Crippen molar-refractivity contribution < 1.29 is 19.2 Å². The minimum absolute atomic E-state index is 0.0560. The lowest BCUT2D eigenvalue weighted by molar-refractivity contribution is -0.384. The molecule has 1 aliphatic rings. The smallest absolute Gasteiger partial charge is 0.338 e. The van der Waals surface area contributed by atoms with E-state index in [1.807, 2.05) is 4.90 Å². The van der Waals surface area contributed by atoms with Crippen LogP contribution in [0.1, 0.15) is 33.6 Å². The largest absolute Gasteiger partial charge is 0.454 e. The Balaban J connectivity index is 1.72. The van der Waals surface area contributed by atoms with Crippen LogP contribution >= 0.6 is 0 Å². The van der Waals surface area contributed by atoms with E-state index in [-0.39, 0.29) is 17.0 Å². The SMILES string of the molecule is O=C(COC(=O)c1ccc(N2CCCC2)c([N+](=O)[O-])c1)c1ccccc1. The second kappa shape index (κ2) is 7.77. The fraction of sp³-hybridized carbons (Fsp3) is 0.263. The summed E-state index contributed by atoms with van der Waals surface area (Å²) >= 11 is 0. The molecule has 7 heteroatoms. The summed E-state index contributed by atoms with van der Waals surface area (Å²) in [6, 6.07) is 12.8. The van der Waals surface area contributed by atoms with Crippen LogP contribution in [0.2, 0.25) is 0 Å². The maximum absolute atomic E-state index is 12.2. The van der Waals surface area contributed by atoms with E-state index >= 15 is 0 Å². The first-order valence-electron chi connectivity index (χ1n) is 8.35. The molecule has 0 radical (unpaired) electrons. The lowest BCUT2D eigenvalue weighted by Gasteiger charge is -2.17. The Hall–Kier alpha value is -3.22. The van der Waals surface area contributed by atoms with Crippen LogP contribution in [0.25, 0.3) is 0 Å². The highest BCUT2D eigenvalue weighted by atomic mass is 16.6. The van der Waals surface area contributed by atoms with Gasteiger partial charge in [-0.15, -0.1) is 0 Å². The predicted molar refractivity (Wildman–Crippen MR) is 95.6 cm³/mol. The molecular formula is C19H18N2O5. The third kappa shape index (κ3) is 3.88. The van der Waals surface area contributed by atoms with Gasteiger partial charge in [0.1, 0.15) is 5.69 Å². The third-order valence-electron chi connectivity index (χ3n) is 4.28. The molecule has 2 aromatic carbocycles. The number of anilines is 1. The Morgan fingerprint density at radius 1 is 1.04 bits per heavy atom. The van der Waals surface area contributed by atoms with Crippen molar-refractivity contribution >= 4 is 23.1 Å². The van der Waals surface area contributed by atoms with Crippen molar-refractivity contribution in [3.63, 3.8) is 0 Å². The second-order valence-electron chi connectivity index (χ2n) is 6.02. The van der Waals surface area contributed by atoms with E-state index in [0.29, 0.717) is 11.3 Å². The predicted octanol–water partition coefficient (Wildman–Crippen LogP) is 3.23. The minimum Gasteiger partial charge on any atom is -0.454 e. The van der Waals surface area contributed by atoms with Gasteiger partial charge in [0.05, 0.1) is 10.5 Å². The fourth-order valence-corrected chi connectivity index (χ4v) is 2.94. The Kier molecular flexibility index (Phi) is 5.26. The first-order chi connectivity index (χ1) is 12.6. The van der Waals surface area contributed by atoms with Gasteiger partial charge in [0.15, 0.2) is 12.4 Å². The standard InChI is InChI=1S/C19H18N2O5/c22-18(14-6-2-1-3-7-14)13-26-19(23)15-8-9-16(17(12-15)21(24)25)20-10-4-5-11-20/h1-3,6-9,12H,4-5,10-11,13H2. The van der Waals surface area contributed by atoms with Crippen LogP contribution < -0.4 is 4.90 Å². The number of ether oxygens (including phenoxy) is 1. The van der Waals surface area contributed by atoms with Crippen molar-refractivity contribution in [2.75, 3.05) is 24.6 Å². The molecule has 0 saturated carbocycles. The van der Waals surface area contributed by atoms with E-state index in [0.717, 1.165) is 25.9 Å². The van der Waals surface area contributed by atoms with Crippen molar-refractivity contribution in [1.29, 1.82) is 0 Å². The summed E-state index contributed by atoms with van der Waals surface area (Å²) in [5, 5.41) is 11.4. The molecule has 0 aromatic heterocycles. The zero-order valence-corrected chi connectivity index (χ0v) is 14.1. The number of hydrogen-bond acceptors (Lipinski definition) is 6. The molecule has 0 spiro atoms. The number of ketones is 1. The van der Waals surface area contributed by atoms with E-state index in [1.54, 1.807) is 36.4 Å². The van der Waals surface area contributed by atoms with Gasteiger partial charge in [-0.05, 0) is 25.0 Å². The van der Waals surface area contributed by atoms with Gasteiger partial charge >= 0.3 is 5.97 Å². The van der Waals surface area contributed by atoms with E-state index in [2.05, 4.69) is 0 Å². The molecule has 7 nitrogen and oxygen atoms in total. The number of esters is 1. The first kappa shape index (κ1) is 17.6. The number of carbonyl (C=O) groups is 2. The van der Waals surface area contributed by atoms with Crippen molar-refractivity contribution in [2.45, 2.75) is 12.8 Å². The van der Waals surface area contributed by atoms with Crippen LogP contribution in [0.4, 0.5) is 11.4 Å². The lowest BCUT2D eigenvalue weighted by atomic mass is 10.1. The monoisotopic (exact) mass is 354 g/mol. The third-order valence-corrected chi connectivity index (χ3v) is 4.28. The van der Waals surface area contributed by atoms with Crippen LogP contribution in [0.5, 0.6) is 0 Å². The highest BCUT2D eigenvalue weighted by Gasteiger charge is 2.24. The van der Waals surface area contributed by atoms with Crippen molar-refractivity contribution in [3.05, 3.63) is 69.8 Å². The number of carbonyl (C=O) groups excluding carboxylic acids is 2. The van der Waals surface area contributed by atoms with Crippen LogP contribution in [-0.2, 0) is 4.74 Å². The van der Waals surface area contributed by atoms with Crippen LogP contribution in [-0.4, -0.2) is 36.4 Å². The molecule has 0 N–H and O–H groups in total. The highest BCUT2D eigenvalue weighted by Crippen LogP contribution is 2.31. The van der Waals surface area contributed by atoms with Crippen LogP contribution in [0.15, 0.2) is 48.5 Å². The van der Waals surface area contributed by atoms with Gasteiger partial charge in [-0.25, -0.2) is 4.79 Å². The molecule has 1 heterocycles. The number of nitro groups is 1. The molecule has 1 fully saturated rings. The molecule has 1 aliphatic heterocycles. The average Bonchev–Trinajstić information content (AvgIpc) is 3.20. The Bertz CT molecular complexity index is 829. The Morgan fingerprint density at radius 2 is 1.73 bits per heavy atom. The van der Waals surface area contributed by atoms with Gasteiger partial charge in [-0.2, -0.15) is 0 Å². The summed E-state index contributed by atoms with van der Waals surface area (Å²) < 4.78 is 5.02. The number of Topliss-reactive ketones (excluding diaryl/α,β-unsaturated/α-hetero) is 1. The fourth-order valence-electron chi connectivity index (χ4n) is 2.94. The summed E-state index contributed by atoms with van der Waals surface area (Å²) in [5.74, 6) is -1.09. The molecule has 134 valence electrons. The summed E-state index contributed by atoms with van der Waals surface area (Å²) in [4.78, 5) is 37.0. The maximum Gasteiger partial charge on any atom is 0.338 e. The van der Waals surface area contributed by atoms with Gasteiger partial charge in [0.25, 0.3) is 5.69 Å². The van der Waals surface area contributed by atoms with E-state index < -0.39 is 17.5 Å². The average molecular weight is 354 g/mol. The number of nitro benzene ring substituents is 1. The molecule has 3 rings (SSSR count). The van der Waals surface area contributed by atoms with Gasteiger partial charge < -0.3 is 9.64 Å². The molecule has 0 bridgehead atoms. The lowest BCUT2D eigenvalue weighted by Crippen LogP contribution is -2.19. The normalized spacial score (nSPS) is 13.5. The molecule has 26 heavy (non-hydrogen) atoms. The molecule has 1 saturated heterocycles. The van der Waals surface area contributed by atoms with E-state index in [9.17, 15) is 19.7 Å². The van der Waals surface area contributed by atoms with Gasteiger partial charge in [-0.3, -0.25) is 14.9 Å². The zero-order chi connectivity index (χ0) is 18.5. The number of nitrogens with zero attached hydrogens (tertiary/aromatic N) is 2. The van der Waals surface area contributed by atoms with Gasteiger partial charge in [0.2, 0.25) is 0 Å². The molecule has 0 amide bonds. The quantitative estimate of drug-likeness (QED) is 0.342. The number of rotatable bonds is 6. The first-order valence-corrected chi connectivity index (χ1v) is 8.35. The van der Waals surface area contributed by atoms with Gasteiger partial charge in [0, 0.05) is 24.7 Å². The van der Waals surface area contributed by atoms with E-state index in [4.69, 9.17) is 4.74 Å². The summed E-state index contributed by atoms with van der Waals surface area (Å²) in [6.07, 6.45) is 1.98. The molecule has 0 unspecified atom stereocenters.